The van der Waals surface area contributed by atoms with Crippen molar-refractivity contribution < 1.29 is 4.79 Å². The molecule has 1 aromatic heterocycles. The third kappa shape index (κ3) is 3.56. The van der Waals surface area contributed by atoms with Gasteiger partial charge in [0.1, 0.15) is 0 Å². The SMILES string of the molecule is CC(C)(CC1CCCN(c2nnnn2C(C)(C)C)C1)C(N)=O. The number of hydrogen-bond donors (Lipinski definition) is 1. The van der Waals surface area contributed by atoms with Crippen LogP contribution in [0.5, 0.6) is 0 Å². The van der Waals surface area contributed by atoms with Gasteiger partial charge in [0.2, 0.25) is 11.9 Å². The smallest absolute Gasteiger partial charge is 0.246 e. The molecule has 22 heavy (non-hydrogen) atoms. The molecular formula is C15H28N6O. The Kier molecular flexibility index (Phi) is 4.44. The lowest BCUT2D eigenvalue weighted by Crippen LogP contribution is -2.42. The van der Waals surface area contributed by atoms with Crippen molar-refractivity contribution in [2.75, 3.05) is 18.0 Å². The molecule has 7 heteroatoms. The highest BCUT2D eigenvalue weighted by atomic mass is 16.1. The number of piperidine rings is 1. The van der Waals surface area contributed by atoms with Crippen molar-refractivity contribution in [3.8, 4) is 0 Å². The average Bonchev–Trinajstić information content (AvgIpc) is 2.87. The number of anilines is 1. The largest absolute Gasteiger partial charge is 0.369 e. The van der Waals surface area contributed by atoms with E-state index >= 15 is 0 Å². The topological polar surface area (TPSA) is 89.9 Å². The van der Waals surface area contributed by atoms with Crippen LogP contribution in [-0.4, -0.2) is 39.2 Å². The maximum atomic E-state index is 11.6. The first-order valence-corrected chi connectivity index (χ1v) is 7.95. The van der Waals surface area contributed by atoms with Gasteiger partial charge in [-0.25, -0.2) is 4.68 Å². The fourth-order valence-electron chi connectivity index (χ4n) is 3.05. The van der Waals surface area contributed by atoms with Crippen LogP contribution in [0, 0.1) is 11.3 Å². The number of rotatable bonds is 4. The Morgan fingerprint density at radius 2 is 2.00 bits per heavy atom. The predicted molar refractivity (Wildman–Crippen MR) is 85.3 cm³/mol. The van der Waals surface area contributed by atoms with Gasteiger partial charge >= 0.3 is 0 Å². The number of primary amides is 1. The summed E-state index contributed by atoms with van der Waals surface area (Å²) in [6, 6.07) is 0. The molecular weight excluding hydrogens is 280 g/mol. The number of carbonyl (C=O) groups is 1. The van der Waals surface area contributed by atoms with Crippen molar-refractivity contribution in [2.24, 2.45) is 17.1 Å². The second kappa shape index (κ2) is 5.85. The maximum Gasteiger partial charge on any atom is 0.246 e. The van der Waals surface area contributed by atoms with E-state index in [1.165, 1.54) is 0 Å². The molecule has 1 aromatic rings. The van der Waals surface area contributed by atoms with Crippen molar-refractivity contribution >= 4 is 11.9 Å². The zero-order valence-corrected chi connectivity index (χ0v) is 14.3. The molecule has 2 N–H and O–H groups in total. The van der Waals surface area contributed by atoms with Crippen LogP contribution in [0.3, 0.4) is 0 Å². The molecule has 124 valence electrons. The summed E-state index contributed by atoms with van der Waals surface area (Å²) in [7, 11) is 0. The van der Waals surface area contributed by atoms with Gasteiger partial charge in [-0.2, -0.15) is 0 Å². The third-order valence-corrected chi connectivity index (χ3v) is 4.36. The van der Waals surface area contributed by atoms with Gasteiger partial charge in [0.05, 0.1) is 5.54 Å². The summed E-state index contributed by atoms with van der Waals surface area (Å²) < 4.78 is 1.87. The van der Waals surface area contributed by atoms with Crippen molar-refractivity contribution in [1.82, 2.24) is 20.2 Å². The first kappa shape index (κ1) is 16.7. The highest BCUT2D eigenvalue weighted by Gasteiger charge is 2.33. The lowest BCUT2D eigenvalue weighted by molar-refractivity contribution is -0.126. The van der Waals surface area contributed by atoms with Crippen LogP contribution in [0.15, 0.2) is 0 Å². The van der Waals surface area contributed by atoms with Gasteiger partial charge in [-0.1, -0.05) is 18.9 Å². The van der Waals surface area contributed by atoms with Crippen molar-refractivity contribution in [1.29, 1.82) is 0 Å². The summed E-state index contributed by atoms with van der Waals surface area (Å²) in [5.41, 5.74) is 4.89. The van der Waals surface area contributed by atoms with E-state index in [-0.39, 0.29) is 11.4 Å². The summed E-state index contributed by atoms with van der Waals surface area (Å²) in [6.45, 7) is 11.9. The van der Waals surface area contributed by atoms with Gasteiger partial charge in [0.25, 0.3) is 0 Å². The summed E-state index contributed by atoms with van der Waals surface area (Å²) in [4.78, 5) is 13.8. The van der Waals surface area contributed by atoms with E-state index in [1.807, 2.05) is 18.5 Å². The van der Waals surface area contributed by atoms with Gasteiger partial charge < -0.3 is 10.6 Å². The highest BCUT2D eigenvalue weighted by Crippen LogP contribution is 2.32. The molecule has 1 amide bonds. The Morgan fingerprint density at radius 1 is 1.32 bits per heavy atom. The summed E-state index contributed by atoms with van der Waals surface area (Å²) in [5, 5.41) is 12.2. The fourth-order valence-corrected chi connectivity index (χ4v) is 3.05. The molecule has 1 atom stereocenters. The molecule has 0 spiro atoms. The Bertz CT molecular complexity index is 530. The second-order valence-corrected chi connectivity index (χ2v) is 7.97. The highest BCUT2D eigenvalue weighted by molar-refractivity contribution is 5.79. The van der Waals surface area contributed by atoms with Crippen molar-refractivity contribution in [2.45, 2.75) is 59.4 Å². The van der Waals surface area contributed by atoms with Crippen LogP contribution in [0.2, 0.25) is 0 Å². The normalized spacial score (nSPS) is 20.2. The van der Waals surface area contributed by atoms with Gasteiger partial charge in [-0.15, -0.1) is 0 Å². The van der Waals surface area contributed by atoms with Gasteiger partial charge in [0, 0.05) is 18.5 Å². The second-order valence-electron chi connectivity index (χ2n) is 7.97. The Labute approximate surface area is 132 Å². The van der Waals surface area contributed by atoms with Crippen LogP contribution < -0.4 is 10.6 Å². The van der Waals surface area contributed by atoms with Crippen molar-refractivity contribution in [3.63, 3.8) is 0 Å². The molecule has 7 nitrogen and oxygen atoms in total. The molecule has 1 aliphatic heterocycles. The molecule has 0 aliphatic carbocycles. The van der Waals surface area contributed by atoms with E-state index in [0.717, 1.165) is 38.3 Å². The number of amides is 1. The summed E-state index contributed by atoms with van der Waals surface area (Å²) in [5.74, 6) is 1.01. The van der Waals surface area contributed by atoms with Gasteiger partial charge in [0.15, 0.2) is 0 Å². The molecule has 1 fully saturated rings. The molecule has 2 rings (SSSR count). The predicted octanol–water partition coefficient (Wildman–Crippen LogP) is 1.55. The molecule has 0 aromatic carbocycles. The molecule has 1 unspecified atom stereocenters. The van der Waals surface area contributed by atoms with Crippen LogP contribution in [0.25, 0.3) is 0 Å². The number of aromatic nitrogens is 4. The quantitative estimate of drug-likeness (QED) is 0.911. The first-order chi connectivity index (χ1) is 10.1. The van der Waals surface area contributed by atoms with Gasteiger partial charge in [-0.3, -0.25) is 4.79 Å². The maximum absolute atomic E-state index is 11.6. The van der Waals surface area contributed by atoms with Crippen LogP contribution in [0.1, 0.15) is 53.9 Å². The van der Waals surface area contributed by atoms with E-state index in [2.05, 4.69) is 41.2 Å². The molecule has 0 saturated carbocycles. The van der Waals surface area contributed by atoms with Crippen LogP contribution in [0.4, 0.5) is 5.95 Å². The molecule has 1 saturated heterocycles. The number of carbonyl (C=O) groups excluding carboxylic acids is 1. The lowest BCUT2D eigenvalue weighted by atomic mass is 9.79. The van der Waals surface area contributed by atoms with Crippen LogP contribution >= 0.6 is 0 Å². The number of nitrogens with two attached hydrogens (primary N) is 1. The minimum atomic E-state index is -0.469. The zero-order valence-electron chi connectivity index (χ0n) is 14.3. The van der Waals surface area contributed by atoms with E-state index in [9.17, 15) is 4.79 Å². The van der Waals surface area contributed by atoms with Crippen LogP contribution in [-0.2, 0) is 10.3 Å². The minimum absolute atomic E-state index is 0.154. The Balaban J connectivity index is 2.12. The fraction of sp³-hybridized carbons (Fsp3) is 0.867. The Morgan fingerprint density at radius 3 is 2.59 bits per heavy atom. The van der Waals surface area contributed by atoms with Gasteiger partial charge in [-0.05, 0) is 56.4 Å². The summed E-state index contributed by atoms with van der Waals surface area (Å²) >= 11 is 0. The van der Waals surface area contributed by atoms with E-state index < -0.39 is 5.41 Å². The van der Waals surface area contributed by atoms with E-state index in [0.29, 0.717) is 5.92 Å². The third-order valence-electron chi connectivity index (χ3n) is 4.36. The number of hydrogen-bond acceptors (Lipinski definition) is 5. The Hall–Kier alpha value is -1.66. The number of nitrogens with zero attached hydrogens (tertiary/aromatic N) is 5. The average molecular weight is 308 g/mol. The van der Waals surface area contributed by atoms with E-state index in [1.54, 1.807) is 0 Å². The molecule has 2 heterocycles. The van der Waals surface area contributed by atoms with Crippen molar-refractivity contribution in [3.05, 3.63) is 0 Å². The molecule has 0 bridgehead atoms. The lowest BCUT2D eigenvalue weighted by Gasteiger charge is -2.37. The number of tetrazole rings is 1. The monoisotopic (exact) mass is 308 g/mol. The minimum Gasteiger partial charge on any atom is -0.369 e. The standard InChI is InChI=1S/C15H28N6O/c1-14(2,3)21-13(17-18-19-21)20-8-6-7-11(10-20)9-15(4,5)12(16)22/h11H,6-10H2,1-5H3,(H2,16,22). The molecule has 0 radical (unpaired) electrons. The first-order valence-electron chi connectivity index (χ1n) is 7.95. The van der Waals surface area contributed by atoms with E-state index in [4.69, 9.17) is 5.73 Å². The zero-order chi connectivity index (χ0) is 16.5. The summed E-state index contributed by atoms with van der Waals surface area (Å²) in [6.07, 6.45) is 3.00. The molecule has 1 aliphatic rings.